The first kappa shape index (κ1) is 12.1. The summed E-state index contributed by atoms with van der Waals surface area (Å²) in [6.45, 7) is 0.289. The van der Waals surface area contributed by atoms with Crippen molar-refractivity contribution in [2.24, 2.45) is 5.73 Å². The standard InChI is InChI=1S/C13H11FN4S/c14-10-4-5-11(9(7-10)8-15)19-13-17-16-12-3-1-2-6-18(12)13/h1-7H,8,15H2. The molecule has 2 heterocycles. The van der Waals surface area contributed by atoms with E-state index >= 15 is 0 Å². The fourth-order valence-electron chi connectivity index (χ4n) is 1.79. The second kappa shape index (κ2) is 4.99. The van der Waals surface area contributed by atoms with Gasteiger partial charge in [-0.1, -0.05) is 6.07 Å². The Morgan fingerprint density at radius 2 is 2.11 bits per heavy atom. The molecule has 19 heavy (non-hydrogen) atoms. The summed E-state index contributed by atoms with van der Waals surface area (Å²) in [5, 5.41) is 8.94. The van der Waals surface area contributed by atoms with Crippen molar-refractivity contribution in [1.29, 1.82) is 0 Å². The molecule has 0 radical (unpaired) electrons. The fraction of sp³-hybridized carbons (Fsp3) is 0.0769. The van der Waals surface area contributed by atoms with Crippen LogP contribution >= 0.6 is 11.8 Å². The molecule has 1 aromatic carbocycles. The molecular formula is C13H11FN4S. The predicted octanol–water partition coefficient (Wildman–Crippen LogP) is 2.48. The van der Waals surface area contributed by atoms with Gasteiger partial charge >= 0.3 is 0 Å². The summed E-state index contributed by atoms with van der Waals surface area (Å²) >= 11 is 1.43. The lowest BCUT2D eigenvalue weighted by Gasteiger charge is -2.06. The zero-order chi connectivity index (χ0) is 13.2. The fourth-order valence-corrected chi connectivity index (χ4v) is 2.74. The van der Waals surface area contributed by atoms with Crippen molar-refractivity contribution in [1.82, 2.24) is 14.6 Å². The van der Waals surface area contributed by atoms with E-state index in [1.807, 2.05) is 28.8 Å². The minimum atomic E-state index is -0.282. The van der Waals surface area contributed by atoms with Crippen LogP contribution in [0.25, 0.3) is 5.65 Å². The van der Waals surface area contributed by atoms with Gasteiger partial charge < -0.3 is 5.73 Å². The van der Waals surface area contributed by atoms with Crippen LogP contribution in [0.1, 0.15) is 5.56 Å². The topological polar surface area (TPSA) is 56.2 Å². The van der Waals surface area contributed by atoms with E-state index in [-0.39, 0.29) is 12.4 Å². The molecule has 0 aliphatic rings. The number of aromatic nitrogens is 3. The van der Waals surface area contributed by atoms with Gasteiger partial charge in [-0.3, -0.25) is 4.40 Å². The second-order valence-electron chi connectivity index (χ2n) is 3.97. The van der Waals surface area contributed by atoms with Crippen molar-refractivity contribution in [3.05, 3.63) is 54.0 Å². The van der Waals surface area contributed by atoms with Crippen molar-refractivity contribution in [2.75, 3.05) is 0 Å². The lowest BCUT2D eigenvalue weighted by Crippen LogP contribution is -1.99. The van der Waals surface area contributed by atoms with Crippen LogP contribution in [0.5, 0.6) is 0 Å². The second-order valence-corrected chi connectivity index (χ2v) is 4.98. The highest BCUT2D eigenvalue weighted by molar-refractivity contribution is 7.99. The largest absolute Gasteiger partial charge is 0.326 e. The Kier molecular flexibility index (Phi) is 3.18. The van der Waals surface area contributed by atoms with Gasteiger partial charge in [0.2, 0.25) is 0 Å². The lowest BCUT2D eigenvalue weighted by molar-refractivity contribution is 0.623. The quantitative estimate of drug-likeness (QED) is 0.797. The molecule has 0 saturated heterocycles. The van der Waals surface area contributed by atoms with Crippen LogP contribution in [0.2, 0.25) is 0 Å². The molecular weight excluding hydrogens is 263 g/mol. The third kappa shape index (κ3) is 2.32. The summed E-state index contributed by atoms with van der Waals surface area (Å²) in [6, 6.07) is 10.3. The van der Waals surface area contributed by atoms with E-state index in [4.69, 9.17) is 5.73 Å². The van der Waals surface area contributed by atoms with Crippen LogP contribution in [0, 0.1) is 5.82 Å². The van der Waals surface area contributed by atoms with Crippen molar-refractivity contribution < 1.29 is 4.39 Å². The Bertz CT molecular complexity index is 725. The highest BCUT2D eigenvalue weighted by Gasteiger charge is 2.10. The van der Waals surface area contributed by atoms with Crippen LogP contribution in [-0.2, 0) is 6.54 Å². The molecule has 0 aliphatic carbocycles. The monoisotopic (exact) mass is 274 g/mol. The summed E-state index contributed by atoms with van der Waals surface area (Å²) in [7, 11) is 0. The first-order chi connectivity index (χ1) is 9.28. The number of nitrogens with two attached hydrogens (primary N) is 1. The van der Waals surface area contributed by atoms with Gasteiger partial charge in [0.25, 0.3) is 0 Å². The molecule has 2 N–H and O–H groups in total. The summed E-state index contributed by atoms with van der Waals surface area (Å²) in [5.74, 6) is -0.282. The normalized spacial score (nSPS) is 11.1. The molecule has 0 saturated carbocycles. The van der Waals surface area contributed by atoms with Crippen LogP contribution in [0.15, 0.2) is 52.6 Å². The van der Waals surface area contributed by atoms with Gasteiger partial charge in [-0.2, -0.15) is 0 Å². The maximum Gasteiger partial charge on any atom is 0.200 e. The van der Waals surface area contributed by atoms with Crippen molar-refractivity contribution >= 4 is 17.4 Å². The molecule has 0 spiro atoms. The molecule has 4 nitrogen and oxygen atoms in total. The number of hydrogen-bond acceptors (Lipinski definition) is 4. The lowest BCUT2D eigenvalue weighted by atomic mass is 10.2. The van der Waals surface area contributed by atoms with Crippen LogP contribution < -0.4 is 5.73 Å². The van der Waals surface area contributed by atoms with Gasteiger partial charge in [0.15, 0.2) is 10.8 Å². The number of pyridine rings is 1. The molecule has 0 amide bonds. The van der Waals surface area contributed by atoms with Crippen molar-refractivity contribution in [2.45, 2.75) is 16.6 Å². The SMILES string of the molecule is NCc1cc(F)ccc1Sc1nnc2ccccn12. The van der Waals surface area contributed by atoms with Crippen molar-refractivity contribution in [3.8, 4) is 0 Å². The molecule has 0 fully saturated rings. The number of nitrogens with zero attached hydrogens (tertiary/aromatic N) is 3. The number of rotatable bonds is 3. The smallest absolute Gasteiger partial charge is 0.200 e. The molecule has 3 rings (SSSR count). The van der Waals surface area contributed by atoms with Gasteiger partial charge in [0.05, 0.1) is 0 Å². The van der Waals surface area contributed by atoms with Crippen molar-refractivity contribution in [3.63, 3.8) is 0 Å². The number of halogens is 1. The number of hydrogen-bond donors (Lipinski definition) is 1. The molecule has 96 valence electrons. The van der Waals surface area contributed by atoms with E-state index in [2.05, 4.69) is 10.2 Å². The number of benzene rings is 1. The van der Waals surface area contributed by atoms with Gasteiger partial charge in [0.1, 0.15) is 5.82 Å². The Morgan fingerprint density at radius 1 is 1.21 bits per heavy atom. The van der Waals surface area contributed by atoms with Gasteiger partial charge in [-0.05, 0) is 47.7 Å². The van der Waals surface area contributed by atoms with Gasteiger partial charge in [0, 0.05) is 17.6 Å². The molecule has 0 unspecified atom stereocenters. The molecule has 6 heteroatoms. The minimum Gasteiger partial charge on any atom is -0.326 e. The van der Waals surface area contributed by atoms with Gasteiger partial charge in [-0.25, -0.2) is 4.39 Å². The average molecular weight is 274 g/mol. The Labute approximate surface area is 113 Å². The molecule has 0 aliphatic heterocycles. The van der Waals surface area contributed by atoms with Gasteiger partial charge in [-0.15, -0.1) is 10.2 Å². The summed E-state index contributed by atoms with van der Waals surface area (Å²) in [6.07, 6.45) is 1.89. The zero-order valence-electron chi connectivity index (χ0n) is 9.95. The first-order valence-electron chi connectivity index (χ1n) is 5.74. The van der Waals surface area contributed by atoms with Crippen LogP contribution in [0.3, 0.4) is 0 Å². The average Bonchev–Trinajstić information content (AvgIpc) is 2.84. The van der Waals surface area contributed by atoms with Crippen LogP contribution in [0.4, 0.5) is 4.39 Å². The Morgan fingerprint density at radius 3 is 2.95 bits per heavy atom. The summed E-state index contributed by atoms with van der Waals surface area (Å²) in [4.78, 5) is 0.891. The molecule has 0 bridgehead atoms. The van der Waals surface area contributed by atoms with E-state index in [0.717, 1.165) is 21.3 Å². The van der Waals surface area contributed by atoms with E-state index in [1.54, 1.807) is 6.07 Å². The highest BCUT2D eigenvalue weighted by Crippen LogP contribution is 2.29. The molecule has 2 aromatic heterocycles. The van der Waals surface area contributed by atoms with Crippen LogP contribution in [-0.4, -0.2) is 14.6 Å². The third-order valence-corrected chi connectivity index (χ3v) is 3.81. The summed E-state index contributed by atoms with van der Waals surface area (Å²) < 4.78 is 15.1. The van der Waals surface area contributed by atoms with E-state index < -0.39 is 0 Å². The Balaban J connectivity index is 2.01. The predicted molar refractivity (Wildman–Crippen MR) is 71.4 cm³/mol. The highest BCUT2D eigenvalue weighted by atomic mass is 32.2. The van der Waals surface area contributed by atoms with E-state index in [9.17, 15) is 4.39 Å². The summed E-state index contributed by atoms with van der Waals surface area (Å²) in [5.41, 5.74) is 7.18. The van der Waals surface area contributed by atoms with E-state index in [1.165, 1.54) is 23.9 Å². The maximum absolute atomic E-state index is 13.2. The maximum atomic E-state index is 13.2. The number of fused-ring (bicyclic) bond motifs is 1. The minimum absolute atomic E-state index is 0.282. The third-order valence-electron chi connectivity index (χ3n) is 2.73. The zero-order valence-corrected chi connectivity index (χ0v) is 10.8. The molecule has 0 atom stereocenters. The molecule has 3 aromatic rings. The van der Waals surface area contributed by atoms with E-state index in [0.29, 0.717) is 0 Å². The first-order valence-corrected chi connectivity index (χ1v) is 6.55. The Hall–Kier alpha value is -1.92.